The van der Waals surface area contributed by atoms with E-state index >= 15 is 0 Å². The quantitative estimate of drug-likeness (QED) is 0.384. The monoisotopic (exact) mass is 461 g/mol. The van der Waals surface area contributed by atoms with Crippen LogP contribution in [0.2, 0.25) is 0 Å². The Hall–Kier alpha value is -1.89. The minimum Gasteiger partial charge on any atom is -0.282 e. The summed E-state index contributed by atoms with van der Waals surface area (Å²) in [7, 11) is 0. The summed E-state index contributed by atoms with van der Waals surface area (Å²) in [5.41, 5.74) is 2.99. The lowest BCUT2D eigenvalue weighted by Gasteiger charge is -2.35. The standard InChI is InChI=1S/C25H30F3N3S/c1-23(2,3)16-10-11-19-18(12-16)21(25(26,27)28)30-22(29-19)32-14-20-17-9-7-6-8-15(17)13-24(4,5)31-20/h6-9,16H,10-14H2,1-5H3/t16-/m0/s1. The molecule has 0 radical (unpaired) electrons. The molecule has 1 aromatic carbocycles. The number of rotatable bonds is 3. The fourth-order valence-corrected chi connectivity index (χ4v) is 5.57. The van der Waals surface area contributed by atoms with Crippen LogP contribution in [0.25, 0.3) is 0 Å². The average molecular weight is 462 g/mol. The van der Waals surface area contributed by atoms with E-state index in [2.05, 4.69) is 50.7 Å². The predicted molar refractivity (Wildman–Crippen MR) is 123 cm³/mol. The Morgan fingerprint density at radius 1 is 1.09 bits per heavy atom. The molecular formula is C25H30F3N3S. The highest BCUT2D eigenvalue weighted by Crippen LogP contribution is 2.42. The lowest BCUT2D eigenvalue weighted by Crippen LogP contribution is -2.30. The van der Waals surface area contributed by atoms with Gasteiger partial charge >= 0.3 is 6.18 Å². The largest absolute Gasteiger partial charge is 0.433 e. The third-order valence-corrected chi connectivity index (χ3v) is 7.33. The maximum absolute atomic E-state index is 13.9. The van der Waals surface area contributed by atoms with Crippen molar-refractivity contribution in [1.82, 2.24) is 9.97 Å². The van der Waals surface area contributed by atoms with E-state index in [4.69, 9.17) is 4.99 Å². The van der Waals surface area contributed by atoms with Crippen molar-refractivity contribution in [3.8, 4) is 0 Å². The van der Waals surface area contributed by atoms with Crippen molar-refractivity contribution in [2.75, 3.05) is 5.75 Å². The molecule has 1 aliphatic heterocycles. The number of aliphatic imine (C=N–C) groups is 1. The van der Waals surface area contributed by atoms with Crippen LogP contribution in [0.5, 0.6) is 0 Å². The molecule has 1 atom stereocenters. The summed E-state index contributed by atoms with van der Waals surface area (Å²) in [6.07, 6.45) is -1.85. The molecule has 0 N–H and O–H groups in total. The minimum atomic E-state index is -4.49. The third kappa shape index (κ3) is 4.87. The maximum Gasteiger partial charge on any atom is 0.433 e. The molecule has 7 heteroatoms. The Morgan fingerprint density at radius 2 is 1.81 bits per heavy atom. The molecule has 0 bridgehead atoms. The lowest BCUT2D eigenvalue weighted by molar-refractivity contribution is -0.142. The summed E-state index contributed by atoms with van der Waals surface area (Å²) >= 11 is 1.25. The first-order valence-corrected chi connectivity index (χ1v) is 12.1. The number of nitrogens with zero attached hydrogens (tertiary/aromatic N) is 3. The number of halogens is 3. The second kappa shape index (κ2) is 8.15. The van der Waals surface area contributed by atoms with Gasteiger partial charge in [-0.25, -0.2) is 9.97 Å². The summed E-state index contributed by atoms with van der Waals surface area (Å²) in [6.45, 7) is 10.4. The summed E-state index contributed by atoms with van der Waals surface area (Å²) in [5.74, 6) is 0.634. The van der Waals surface area contributed by atoms with E-state index in [0.29, 0.717) is 24.3 Å². The van der Waals surface area contributed by atoms with Crippen LogP contribution in [0, 0.1) is 11.3 Å². The number of aryl methyl sites for hydroxylation is 1. The second-order valence-corrected chi connectivity index (χ2v) is 11.5. The van der Waals surface area contributed by atoms with Crippen molar-refractivity contribution in [2.24, 2.45) is 16.3 Å². The molecule has 0 saturated carbocycles. The fourth-order valence-electron chi connectivity index (χ4n) is 4.76. The summed E-state index contributed by atoms with van der Waals surface area (Å²) in [5, 5.41) is 0.189. The average Bonchev–Trinajstić information content (AvgIpc) is 2.68. The van der Waals surface area contributed by atoms with Gasteiger partial charge < -0.3 is 0 Å². The number of thioether (sulfide) groups is 1. The van der Waals surface area contributed by atoms with Crippen LogP contribution in [0.1, 0.15) is 69.1 Å². The maximum atomic E-state index is 13.9. The summed E-state index contributed by atoms with van der Waals surface area (Å²) in [6, 6.07) is 8.11. The van der Waals surface area contributed by atoms with Crippen molar-refractivity contribution in [1.29, 1.82) is 0 Å². The highest BCUT2D eigenvalue weighted by molar-refractivity contribution is 7.99. The predicted octanol–water partition coefficient (Wildman–Crippen LogP) is 6.56. The van der Waals surface area contributed by atoms with Crippen LogP contribution in [0.3, 0.4) is 0 Å². The first kappa shape index (κ1) is 23.3. The van der Waals surface area contributed by atoms with E-state index in [9.17, 15) is 13.2 Å². The van der Waals surface area contributed by atoms with E-state index < -0.39 is 11.9 Å². The topological polar surface area (TPSA) is 38.1 Å². The highest BCUT2D eigenvalue weighted by atomic mass is 32.2. The van der Waals surface area contributed by atoms with Gasteiger partial charge in [0, 0.05) is 17.0 Å². The van der Waals surface area contributed by atoms with Gasteiger partial charge in [0.25, 0.3) is 0 Å². The third-order valence-electron chi connectivity index (χ3n) is 6.47. The molecule has 1 aliphatic carbocycles. The van der Waals surface area contributed by atoms with Crippen molar-refractivity contribution >= 4 is 17.5 Å². The molecule has 2 aromatic rings. The first-order chi connectivity index (χ1) is 14.8. The SMILES string of the molecule is CC1(C)Cc2ccccc2C(CSc2nc3c(c(C(F)(F)F)n2)C[C@@H](C(C)(C)C)CC3)=N1. The van der Waals surface area contributed by atoms with Gasteiger partial charge in [0.05, 0.1) is 11.3 Å². The zero-order valence-corrected chi connectivity index (χ0v) is 20.1. The molecule has 0 unspecified atom stereocenters. The highest BCUT2D eigenvalue weighted by Gasteiger charge is 2.41. The van der Waals surface area contributed by atoms with E-state index in [1.165, 1.54) is 17.3 Å². The fraction of sp³-hybridized carbons (Fsp3) is 0.560. The molecule has 2 aliphatic rings. The van der Waals surface area contributed by atoms with Crippen LogP contribution in [-0.4, -0.2) is 27.0 Å². The van der Waals surface area contributed by atoms with E-state index in [1.54, 1.807) is 0 Å². The molecule has 0 amide bonds. The van der Waals surface area contributed by atoms with Gasteiger partial charge in [-0.05, 0) is 62.0 Å². The number of aromatic nitrogens is 2. The van der Waals surface area contributed by atoms with E-state index in [1.807, 2.05) is 18.2 Å². The van der Waals surface area contributed by atoms with Crippen LogP contribution in [-0.2, 0) is 25.4 Å². The van der Waals surface area contributed by atoms with Crippen molar-refractivity contribution in [2.45, 2.75) is 77.2 Å². The number of benzene rings is 1. The van der Waals surface area contributed by atoms with Gasteiger partial charge in [-0.15, -0.1) is 0 Å². The number of alkyl halides is 3. The normalized spacial score (nSPS) is 20.4. The van der Waals surface area contributed by atoms with E-state index in [0.717, 1.165) is 24.1 Å². The first-order valence-electron chi connectivity index (χ1n) is 11.1. The Morgan fingerprint density at radius 3 is 2.50 bits per heavy atom. The molecule has 1 aromatic heterocycles. The van der Waals surface area contributed by atoms with Crippen LogP contribution in [0.4, 0.5) is 13.2 Å². The van der Waals surface area contributed by atoms with Gasteiger partial charge in [0.15, 0.2) is 10.9 Å². The minimum absolute atomic E-state index is 0.0483. The smallest absolute Gasteiger partial charge is 0.282 e. The van der Waals surface area contributed by atoms with E-state index in [-0.39, 0.29) is 27.6 Å². The summed E-state index contributed by atoms with van der Waals surface area (Å²) in [4.78, 5) is 13.5. The second-order valence-electron chi connectivity index (χ2n) is 10.6. The van der Waals surface area contributed by atoms with Crippen molar-refractivity contribution in [3.05, 3.63) is 52.3 Å². The Kier molecular flexibility index (Phi) is 5.93. The van der Waals surface area contributed by atoms with Gasteiger partial charge in [-0.2, -0.15) is 13.2 Å². The molecule has 2 heterocycles. The molecule has 172 valence electrons. The van der Waals surface area contributed by atoms with Crippen LogP contribution >= 0.6 is 11.8 Å². The Labute approximate surface area is 192 Å². The van der Waals surface area contributed by atoms with Gasteiger partial charge in [0.2, 0.25) is 0 Å². The Balaban J connectivity index is 1.64. The number of fused-ring (bicyclic) bond motifs is 2. The molecule has 0 fully saturated rings. The summed E-state index contributed by atoms with van der Waals surface area (Å²) < 4.78 is 41.8. The van der Waals surface area contributed by atoms with Crippen molar-refractivity contribution < 1.29 is 13.2 Å². The van der Waals surface area contributed by atoms with Gasteiger partial charge in [-0.3, -0.25) is 4.99 Å². The van der Waals surface area contributed by atoms with Crippen molar-refractivity contribution in [3.63, 3.8) is 0 Å². The molecule has 4 rings (SSSR count). The lowest BCUT2D eigenvalue weighted by atomic mass is 9.71. The molecule has 0 saturated heterocycles. The molecular weight excluding hydrogens is 431 g/mol. The Bertz CT molecular complexity index is 1050. The van der Waals surface area contributed by atoms with Crippen LogP contribution in [0.15, 0.2) is 34.4 Å². The number of hydrogen-bond acceptors (Lipinski definition) is 4. The molecule has 32 heavy (non-hydrogen) atoms. The van der Waals surface area contributed by atoms with Gasteiger partial charge in [0.1, 0.15) is 0 Å². The molecule has 3 nitrogen and oxygen atoms in total. The number of hydrogen-bond donors (Lipinski definition) is 0. The zero-order chi connectivity index (χ0) is 23.3. The van der Waals surface area contributed by atoms with Gasteiger partial charge in [-0.1, -0.05) is 56.8 Å². The molecule has 0 spiro atoms. The van der Waals surface area contributed by atoms with Crippen LogP contribution < -0.4 is 0 Å². The zero-order valence-electron chi connectivity index (χ0n) is 19.3.